The van der Waals surface area contributed by atoms with E-state index in [4.69, 9.17) is 0 Å². The summed E-state index contributed by atoms with van der Waals surface area (Å²) in [7, 11) is -6.45. The maximum Gasteiger partial charge on any atom is 0.440 e. The zero-order valence-corrected chi connectivity index (χ0v) is 8.23. The Kier molecular flexibility index (Phi) is 2.52. The topological polar surface area (TPSA) is 43.4 Å². The standard InChI is InChI=1S/C4ClF7O3S/c5-1(6)2(7,8)3(9,10)4(1,11)15-16(12,13)14. The molecule has 1 saturated carbocycles. The van der Waals surface area contributed by atoms with E-state index in [0.717, 1.165) is 0 Å². The van der Waals surface area contributed by atoms with E-state index in [0.29, 0.717) is 0 Å². The van der Waals surface area contributed by atoms with E-state index in [9.17, 15) is 38.6 Å². The third-order valence-corrected chi connectivity index (χ3v) is 2.72. The highest BCUT2D eigenvalue weighted by molar-refractivity contribution is 7.81. The molecule has 0 aliphatic heterocycles. The van der Waals surface area contributed by atoms with Gasteiger partial charge in [-0.2, -0.15) is 34.6 Å². The van der Waals surface area contributed by atoms with Crippen molar-refractivity contribution in [2.24, 2.45) is 0 Å². The van der Waals surface area contributed by atoms with Crippen LogP contribution in [0, 0.1) is 0 Å². The lowest BCUT2D eigenvalue weighted by atomic mass is 9.80. The van der Waals surface area contributed by atoms with Gasteiger partial charge in [-0.05, 0) is 0 Å². The minimum atomic E-state index is -6.45. The predicted octanol–water partition coefficient (Wildman–Crippen LogP) is 2.07. The largest absolute Gasteiger partial charge is 0.440 e. The number of halogens is 8. The molecule has 16 heavy (non-hydrogen) atoms. The maximum atomic E-state index is 12.9. The van der Waals surface area contributed by atoms with Crippen LogP contribution in [0.2, 0.25) is 0 Å². The van der Waals surface area contributed by atoms with Gasteiger partial charge in [0.1, 0.15) is 0 Å². The quantitative estimate of drug-likeness (QED) is 0.445. The minimum absolute atomic E-state index is 2.33. The minimum Gasteiger partial charge on any atom is -0.212 e. The number of hydrogen-bond acceptors (Lipinski definition) is 3. The third-order valence-electron chi connectivity index (χ3n) is 1.81. The van der Waals surface area contributed by atoms with Gasteiger partial charge in [0, 0.05) is 0 Å². The van der Waals surface area contributed by atoms with Crippen molar-refractivity contribution in [2.45, 2.75) is 22.8 Å². The molecule has 0 radical (unpaired) electrons. The molecule has 1 aliphatic rings. The molecule has 2 atom stereocenters. The van der Waals surface area contributed by atoms with Gasteiger partial charge in [-0.25, -0.2) is 4.39 Å². The van der Waals surface area contributed by atoms with Crippen molar-refractivity contribution in [3.05, 3.63) is 0 Å². The van der Waals surface area contributed by atoms with Crippen LogP contribution in [0.1, 0.15) is 0 Å². The molecule has 1 aliphatic carbocycles. The van der Waals surface area contributed by atoms with Crippen molar-refractivity contribution in [2.75, 3.05) is 0 Å². The van der Waals surface area contributed by atoms with Crippen LogP contribution in [0.5, 0.6) is 0 Å². The molecule has 0 saturated heterocycles. The van der Waals surface area contributed by atoms with E-state index >= 15 is 0 Å². The Morgan fingerprint density at radius 1 is 0.938 bits per heavy atom. The van der Waals surface area contributed by atoms with Crippen molar-refractivity contribution in [3.63, 3.8) is 0 Å². The van der Waals surface area contributed by atoms with E-state index in [-0.39, 0.29) is 0 Å². The lowest BCUT2D eigenvalue weighted by Crippen LogP contribution is -2.84. The van der Waals surface area contributed by atoms with E-state index in [1.807, 2.05) is 0 Å². The highest BCUT2D eigenvalue weighted by atomic mass is 35.5. The Balaban J connectivity index is 3.26. The van der Waals surface area contributed by atoms with Crippen molar-refractivity contribution in [1.82, 2.24) is 0 Å². The zero-order valence-electron chi connectivity index (χ0n) is 6.66. The molecule has 0 amide bonds. The summed E-state index contributed by atoms with van der Waals surface area (Å²) in [4.78, 5) is 0. The molecule has 0 aromatic carbocycles. The summed E-state index contributed by atoms with van der Waals surface area (Å²) in [6.45, 7) is 0. The number of hydrogen-bond donors (Lipinski definition) is 0. The lowest BCUT2D eigenvalue weighted by Gasteiger charge is -2.53. The van der Waals surface area contributed by atoms with Gasteiger partial charge in [0.05, 0.1) is 0 Å². The molecule has 1 fully saturated rings. The molecule has 0 heterocycles. The van der Waals surface area contributed by atoms with Crippen molar-refractivity contribution >= 4 is 22.1 Å². The van der Waals surface area contributed by atoms with Gasteiger partial charge in [0.2, 0.25) is 0 Å². The lowest BCUT2D eigenvalue weighted by molar-refractivity contribution is -0.460. The predicted molar refractivity (Wildman–Crippen MR) is 34.5 cm³/mol. The fourth-order valence-corrected chi connectivity index (χ4v) is 1.79. The second-order valence-corrected chi connectivity index (χ2v) is 4.27. The van der Waals surface area contributed by atoms with E-state index in [1.165, 1.54) is 0 Å². The first kappa shape index (κ1) is 13.8. The van der Waals surface area contributed by atoms with Crippen molar-refractivity contribution < 1.29 is 42.8 Å². The molecule has 0 spiro atoms. The molecule has 3 nitrogen and oxygen atoms in total. The summed E-state index contributed by atoms with van der Waals surface area (Å²) in [5.41, 5.74) is 0. The van der Waals surface area contributed by atoms with Crippen molar-refractivity contribution in [3.8, 4) is 0 Å². The van der Waals surface area contributed by atoms with E-state index in [2.05, 4.69) is 15.8 Å². The molecule has 1 rings (SSSR count). The second-order valence-electron chi connectivity index (χ2n) is 2.79. The van der Waals surface area contributed by atoms with Gasteiger partial charge in [-0.3, -0.25) is 0 Å². The molecule has 0 aromatic rings. The zero-order chi connectivity index (χ0) is 13.2. The average Bonchev–Trinajstić information content (AvgIpc) is 1.98. The molecule has 0 bridgehead atoms. The molecule has 0 aromatic heterocycles. The molecular formula is C4ClF7O3S. The molecule has 12 heteroatoms. The van der Waals surface area contributed by atoms with E-state index < -0.39 is 33.3 Å². The molecule has 0 N–H and O–H groups in total. The smallest absolute Gasteiger partial charge is 0.212 e. The summed E-state index contributed by atoms with van der Waals surface area (Å²) in [5, 5.41) is -5.21. The first-order valence-corrected chi connectivity index (χ1v) is 4.87. The van der Waals surface area contributed by atoms with Gasteiger partial charge >= 0.3 is 33.3 Å². The van der Waals surface area contributed by atoms with Crippen LogP contribution in [0.4, 0.5) is 30.2 Å². The van der Waals surface area contributed by atoms with Crippen molar-refractivity contribution in [1.29, 1.82) is 0 Å². The van der Waals surface area contributed by atoms with Gasteiger partial charge < -0.3 is 0 Å². The summed E-state index contributed by atoms with van der Waals surface area (Å²) in [6.07, 6.45) is 0. The van der Waals surface area contributed by atoms with Crippen LogP contribution in [0.25, 0.3) is 0 Å². The Morgan fingerprint density at radius 2 is 1.31 bits per heavy atom. The van der Waals surface area contributed by atoms with Crippen LogP contribution in [0.3, 0.4) is 0 Å². The van der Waals surface area contributed by atoms with Crippen LogP contribution in [0.15, 0.2) is 0 Å². The highest BCUT2D eigenvalue weighted by Crippen LogP contribution is 2.70. The normalized spacial score (nSPS) is 41.5. The molecular weight excluding hydrogens is 297 g/mol. The number of alkyl halides is 7. The van der Waals surface area contributed by atoms with Crippen LogP contribution >= 0.6 is 11.6 Å². The van der Waals surface area contributed by atoms with Crippen LogP contribution in [-0.4, -0.2) is 31.2 Å². The highest BCUT2D eigenvalue weighted by Gasteiger charge is 3.00. The Morgan fingerprint density at radius 3 is 1.56 bits per heavy atom. The summed E-state index contributed by atoms with van der Waals surface area (Å²) in [6, 6.07) is 0. The fraction of sp³-hybridized carbons (Fsp3) is 1.00. The summed E-state index contributed by atoms with van der Waals surface area (Å²) in [5.74, 6) is -17.2. The van der Waals surface area contributed by atoms with Crippen LogP contribution in [-0.2, 0) is 14.7 Å². The average molecular weight is 297 g/mol. The Hall–Kier alpha value is -0.290. The second kappa shape index (κ2) is 2.93. The monoisotopic (exact) mass is 296 g/mol. The first-order chi connectivity index (χ1) is 6.71. The maximum absolute atomic E-state index is 12.9. The third kappa shape index (κ3) is 1.27. The fourth-order valence-electron chi connectivity index (χ4n) is 0.978. The van der Waals surface area contributed by atoms with E-state index in [1.54, 1.807) is 0 Å². The van der Waals surface area contributed by atoms with Gasteiger partial charge in [0.25, 0.3) is 0 Å². The first-order valence-electron chi connectivity index (χ1n) is 3.18. The summed E-state index contributed by atoms with van der Waals surface area (Å²) < 4.78 is 108. The van der Waals surface area contributed by atoms with Crippen LogP contribution < -0.4 is 0 Å². The SMILES string of the molecule is O=S(=O)(F)OC1(F)C(F)(F)C(F)(F)C1(F)Cl. The van der Waals surface area contributed by atoms with Gasteiger partial charge in [-0.15, -0.1) is 0 Å². The Labute approximate surface area is 88.5 Å². The Bertz CT molecular complexity index is 399. The summed E-state index contributed by atoms with van der Waals surface area (Å²) >= 11 is 4.07. The molecule has 96 valence electrons. The van der Waals surface area contributed by atoms with Gasteiger partial charge in [0.15, 0.2) is 0 Å². The number of rotatable bonds is 2. The molecule has 2 unspecified atom stereocenters. The van der Waals surface area contributed by atoms with Gasteiger partial charge in [-0.1, -0.05) is 15.5 Å².